The summed E-state index contributed by atoms with van der Waals surface area (Å²) in [6.45, 7) is 8.89. The molecule has 0 aromatic heterocycles. The van der Waals surface area contributed by atoms with Gasteiger partial charge in [0.1, 0.15) is 0 Å². The fourth-order valence-electron chi connectivity index (χ4n) is 2.35. The normalized spacial score (nSPS) is 11.3. The molecule has 0 aliphatic heterocycles. The second-order valence-corrected chi connectivity index (χ2v) is 4.68. The highest BCUT2D eigenvalue weighted by atomic mass is 14.1. The SMILES string of the molecule is Cc1cc(C)c2c(C(C)C)cccc2c1. The molecule has 0 aliphatic carbocycles. The summed E-state index contributed by atoms with van der Waals surface area (Å²) < 4.78 is 0. The summed E-state index contributed by atoms with van der Waals surface area (Å²) in [5.74, 6) is 0.593. The van der Waals surface area contributed by atoms with Gasteiger partial charge in [-0.25, -0.2) is 0 Å². The number of rotatable bonds is 1. The van der Waals surface area contributed by atoms with Crippen LogP contribution in [0.15, 0.2) is 30.3 Å². The van der Waals surface area contributed by atoms with Crippen LogP contribution < -0.4 is 0 Å². The average Bonchev–Trinajstić information content (AvgIpc) is 2.16. The monoisotopic (exact) mass is 198 g/mol. The zero-order chi connectivity index (χ0) is 11.0. The summed E-state index contributed by atoms with van der Waals surface area (Å²) in [4.78, 5) is 0. The van der Waals surface area contributed by atoms with Crippen molar-refractivity contribution in [2.24, 2.45) is 0 Å². The van der Waals surface area contributed by atoms with Crippen LogP contribution in [0.25, 0.3) is 10.8 Å². The molecule has 0 saturated carbocycles. The Kier molecular flexibility index (Phi) is 2.52. The lowest BCUT2D eigenvalue weighted by Gasteiger charge is -2.13. The van der Waals surface area contributed by atoms with Gasteiger partial charge in [0.15, 0.2) is 0 Å². The first-order valence-corrected chi connectivity index (χ1v) is 5.59. The van der Waals surface area contributed by atoms with Gasteiger partial charge in [-0.1, -0.05) is 49.7 Å². The molecule has 0 N–H and O–H groups in total. The zero-order valence-electron chi connectivity index (χ0n) is 9.96. The van der Waals surface area contributed by atoms with Crippen molar-refractivity contribution in [1.29, 1.82) is 0 Å². The lowest BCUT2D eigenvalue weighted by Crippen LogP contribution is -1.92. The lowest BCUT2D eigenvalue weighted by molar-refractivity contribution is 0.875. The molecule has 0 spiro atoms. The van der Waals surface area contributed by atoms with Gasteiger partial charge in [0.2, 0.25) is 0 Å². The molecule has 0 bridgehead atoms. The van der Waals surface area contributed by atoms with Crippen LogP contribution in [-0.2, 0) is 0 Å². The van der Waals surface area contributed by atoms with Crippen LogP contribution in [-0.4, -0.2) is 0 Å². The van der Waals surface area contributed by atoms with Crippen molar-refractivity contribution in [3.63, 3.8) is 0 Å². The Bertz CT molecular complexity index is 493. The molecule has 0 fully saturated rings. The van der Waals surface area contributed by atoms with Crippen LogP contribution in [0.2, 0.25) is 0 Å². The molecule has 0 nitrogen and oxygen atoms in total. The maximum atomic E-state index is 2.27. The molecule has 15 heavy (non-hydrogen) atoms. The summed E-state index contributed by atoms with van der Waals surface area (Å²) in [6, 6.07) is 11.2. The summed E-state index contributed by atoms with van der Waals surface area (Å²) >= 11 is 0. The van der Waals surface area contributed by atoms with Crippen LogP contribution in [0, 0.1) is 13.8 Å². The number of hydrogen-bond donors (Lipinski definition) is 0. The molecule has 2 aromatic rings. The lowest BCUT2D eigenvalue weighted by atomic mass is 9.92. The number of hydrogen-bond acceptors (Lipinski definition) is 0. The molecule has 2 aromatic carbocycles. The summed E-state index contributed by atoms with van der Waals surface area (Å²) in [5.41, 5.74) is 4.21. The van der Waals surface area contributed by atoms with Crippen molar-refractivity contribution in [3.05, 3.63) is 47.0 Å². The van der Waals surface area contributed by atoms with Crippen molar-refractivity contribution in [2.75, 3.05) is 0 Å². The van der Waals surface area contributed by atoms with E-state index in [1.165, 1.54) is 27.5 Å². The van der Waals surface area contributed by atoms with E-state index in [-0.39, 0.29) is 0 Å². The molecule has 0 unspecified atom stereocenters. The second-order valence-electron chi connectivity index (χ2n) is 4.68. The number of benzene rings is 2. The highest BCUT2D eigenvalue weighted by Crippen LogP contribution is 2.28. The molecule has 0 heterocycles. The fraction of sp³-hybridized carbons (Fsp3) is 0.333. The summed E-state index contributed by atoms with van der Waals surface area (Å²) in [6.07, 6.45) is 0. The van der Waals surface area contributed by atoms with Gasteiger partial charge in [-0.15, -0.1) is 0 Å². The van der Waals surface area contributed by atoms with Crippen molar-refractivity contribution in [1.82, 2.24) is 0 Å². The Morgan fingerprint density at radius 2 is 1.73 bits per heavy atom. The van der Waals surface area contributed by atoms with Crippen LogP contribution in [0.1, 0.15) is 36.5 Å². The third-order valence-corrected chi connectivity index (χ3v) is 2.97. The molecule has 2 rings (SSSR count). The van der Waals surface area contributed by atoms with Crippen LogP contribution >= 0.6 is 0 Å². The second kappa shape index (κ2) is 3.69. The zero-order valence-corrected chi connectivity index (χ0v) is 9.96. The van der Waals surface area contributed by atoms with Gasteiger partial charge in [-0.3, -0.25) is 0 Å². The molecule has 0 aliphatic rings. The quantitative estimate of drug-likeness (QED) is 0.629. The predicted octanol–water partition coefficient (Wildman–Crippen LogP) is 4.58. The Morgan fingerprint density at radius 1 is 1.00 bits per heavy atom. The largest absolute Gasteiger partial charge is 0.0613 e. The Balaban J connectivity index is 2.85. The van der Waals surface area contributed by atoms with Gasteiger partial charge >= 0.3 is 0 Å². The fourth-order valence-corrected chi connectivity index (χ4v) is 2.35. The van der Waals surface area contributed by atoms with E-state index < -0.39 is 0 Å². The predicted molar refractivity (Wildman–Crippen MR) is 67.5 cm³/mol. The van der Waals surface area contributed by atoms with E-state index in [1.54, 1.807) is 0 Å². The van der Waals surface area contributed by atoms with Gasteiger partial charge in [0.05, 0.1) is 0 Å². The maximum absolute atomic E-state index is 2.27. The first-order valence-electron chi connectivity index (χ1n) is 5.59. The molecule has 0 saturated heterocycles. The molecular weight excluding hydrogens is 180 g/mol. The Labute approximate surface area is 91.9 Å². The van der Waals surface area contributed by atoms with Crippen molar-refractivity contribution in [3.8, 4) is 0 Å². The summed E-state index contributed by atoms with van der Waals surface area (Å²) in [5, 5.41) is 2.82. The Hall–Kier alpha value is -1.30. The third-order valence-electron chi connectivity index (χ3n) is 2.97. The van der Waals surface area contributed by atoms with Crippen LogP contribution in [0.4, 0.5) is 0 Å². The standard InChI is InChI=1S/C15H18/c1-10(2)14-7-5-6-13-9-11(3)8-12(4)15(13)14/h5-10H,1-4H3. The number of fused-ring (bicyclic) bond motifs is 1. The van der Waals surface area contributed by atoms with E-state index in [1.807, 2.05) is 0 Å². The minimum atomic E-state index is 0.593. The molecule has 0 radical (unpaired) electrons. The van der Waals surface area contributed by atoms with Gasteiger partial charge in [0.25, 0.3) is 0 Å². The topological polar surface area (TPSA) is 0 Å². The molecule has 0 amide bonds. The molecule has 0 heteroatoms. The molecule has 0 atom stereocenters. The molecular formula is C15H18. The van der Waals surface area contributed by atoms with Gasteiger partial charge in [-0.05, 0) is 41.7 Å². The van der Waals surface area contributed by atoms with Crippen molar-refractivity contribution >= 4 is 10.8 Å². The first kappa shape index (κ1) is 10.2. The van der Waals surface area contributed by atoms with E-state index in [0.717, 1.165) is 0 Å². The highest BCUT2D eigenvalue weighted by molar-refractivity contribution is 5.89. The molecule has 78 valence electrons. The van der Waals surface area contributed by atoms with Gasteiger partial charge in [0, 0.05) is 0 Å². The van der Waals surface area contributed by atoms with E-state index in [9.17, 15) is 0 Å². The smallest absolute Gasteiger partial charge is 0.0120 e. The van der Waals surface area contributed by atoms with E-state index in [2.05, 4.69) is 58.0 Å². The summed E-state index contributed by atoms with van der Waals surface area (Å²) in [7, 11) is 0. The first-order chi connectivity index (χ1) is 7.09. The van der Waals surface area contributed by atoms with E-state index >= 15 is 0 Å². The highest BCUT2D eigenvalue weighted by Gasteiger charge is 2.07. The van der Waals surface area contributed by atoms with Crippen molar-refractivity contribution in [2.45, 2.75) is 33.6 Å². The minimum absolute atomic E-state index is 0.593. The van der Waals surface area contributed by atoms with Crippen molar-refractivity contribution < 1.29 is 0 Å². The minimum Gasteiger partial charge on any atom is -0.0613 e. The van der Waals surface area contributed by atoms with Gasteiger partial charge in [-0.2, -0.15) is 0 Å². The van der Waals surface area contributed by atoms with E-state index in [4.69, 9.17) is 0 Å². The average molecular weight is 198 g/mol. The number of aryl methyl sites for hydroxylation is 2. The Morgan fingerprint density at radius 3 is 2.40 bits per heavy atom. The third kappa shape index (κ3) is 1.77. The van der Waals surface area contributed by atoms with Crippen LogP contribution in [0.3, 0.4) is 0 Å². The van der Waals surface area contributed by atoms with Gasteiger partial charge < -0.3 is 0 Å². The van der Waals surface area contributed by atoms with E-state index in [0.29, 0.717) is 5.92 Å². The maximum Gasteiger partial charge on any atom is -0.0120 e. The van der Waals surface area contributed by atoms with Crippen LogP contribution in [0.5, 0.6) is 0 Å².